The second-order valence-corrected chi connectivity index (χ2v) is 4.38. The third kappa shape index (κ3) is 1.88. The lowest BCUT2D eigenvalue weighted by molar-refractivity contribution is -0.384. The topological polar surface area (TPSA) is 72.2 Å². The maximum atomic E-state index is 11.8. The van der Waals surface area contributed by atoms with Gasteiger partial charge in [0, 0.05) is 17.8 Å². The minimum absolute atomic E-state index is 0.0357. The molecule has 0 aliphatic carbocycles. The largest absolute Gasteiger partial charge is 0.325 e. The van der Waals surface area contributed by atoms with Crippen molar-refractivity contribution in [2.75, 3.05) is 5.32 Å². The highest BCUT2D eigenvalue weighted by Crippen LogP contribution is 2.40. The number of carbonyl (C=O) groups is 1. The molecular weight excluding hydrogens is 220 g/mol. The summed E-state index contributed by atoms with van der Waals surface area (Å²) in [5.74, 6) is -0.150. The first kappa shape index (κ1) is 11.6. The number of fused-ring (bicyclic) bond motifs is 1. The van der Waals surface area contributed by atoms with Crippen LogP contribution in [0.2, 0.25) is 0 Å². The van der Waals surface area contributed by atoms with Crippen molar-refractivity contribution in [1.29, 1.82) is 0 Å². The van der Waals surface area contributed by atoms with E-state index in [-0.39, 0.29) is 23.4 Å². The summed E-state index contributed by atoms with van der Waals surface area (Å²) in [7, 11) is 0. The first-order chi connectivity index (χ1) is 8.04. The Labute approximate surface area is 99.0 Å². The summed E-state index contributed by atoms with van der Waals surface area (Å²) in [4.78, 5) is 22.1. The van der Waals surface area contributed by atoms with Crippen molar-refractivity contribution in [2.45, 2.75) is 26.2 Å². The number of nitro benzene ring substituents is 1. The molecule has 90 valence electrons. The Kier molecular flexibility index (Phi) is 2.83. The van der Waals surface area contributed by atoms with Crippen LogP contribution in [0.15, 0.2) is 18.2 Å². The van der Waals surface area contributed by atoms with Crippen LogP contribution in [-0.2, 0) is 4.79 Å². The minimum atomic E-state index is -0.434. The van der Waals surface area contributed by atoms with Gasteiger partial charge in [-0.2, -0.15) is 0 Å². The zero-order valence-electron chi connectivity index (χ0n) is 9.77. The fourth-order valence-electron chi connectivity index (χ4n) is 2.19. The molecule has 5 nitrogen and oxygen atoms in total. The fraction of sp³-hybridized carbons (Fsp3) is 0.417. The highest BCUT2D eigenvalue weighted by molar-refractivity contribution is 6.03. The van der Waals surface area contributed by atoms with E-state index in [9.17, 15) is 14.9 Å². The Hall–Kier alpha value is -1.91. The van der Waals surface area contributed by atoms with Gasteiger partial charge in [-0.25, -0.2) is 0 Å². The lowest BCUT2D eigenvalue weighted by atomic mass is 9.86. The van der Waals surface area contributed by atoms with E-state index in [0.717, 1.165) is 12.0 Å². The van der Waals surface area contributed by atoms with Crippen LogP contribution < -0.4 is 5.32 Å². The van der Waals surface area contributed by atoms with Crippen molar-refractivity contribution in [1.82, 2.24) is 0 Å². The Morgan fingerprint density at radius 3 is 2.82 bits per heavy atom. The maximum absolute atomic E-state index is 11.8. The van der Waals surface area contributed by atoms with Gasteiger partial charge in [0.2, 0.25) is 5.91 Å². The Bertz CT molecular complexity index is 485. The number of non-ortho nitro benzene ring substituents is 1. The SMILES string of the molecule is CCC(C)C1C(=O)Nc2ccc([N+](=O)[O-])cc21. The van der Waals surface area contributed by atoms with Gasteiger partial charge in [0.1, 0.15) is 0 Å². The predicted molar refractivity (Wildman–Crippen MR) is 63.9 cm³/mol. The van der Waals surface area contributed by atoms with Crippen molar-refractivity contribution in [3.05, 3.63) is 33.9 Å². The van der Waals surface area contributed by atoms with E-state index in [1.54, 1.807) is 6.07 Å². The van der Waals surface area contributed by atoms with E-state index in [0.29, 0.717) is 5.69 Å². The molecular formula is C12H14N2O3. The van der Waals surface area contributed by atoms with Crippen LogP contribution in [0.25, 0.3) is 0 Å². The molecule has 1 aromatic rings. The molecule has 0 bridgehead atoms. The number of rotatable bonds is 3. The van der Waals surface area contributed by atoms with E-state index >= 15 is 0 Å². The first-order valence-corrected chi connectivity index (χ1v) is 5.63. The van der Waals surface area contributed by atoms with Crippen LogP contribution >= 0.6 is 0 Å². The average Bonchev–Trinajstić information content (AvgIpc) is 2.62. The van der Waals surface area contributed by atoms with Crippen molar-refractivity contribution < 1.29 is 9.72 Å². The lowest BCUT2D eigenvalue weighted by Gasteiger charge is -2.15. The molecule has 0 saturated heterocycles. The van der Waals surface area contributed by atoms with Gasteiger partial charge in [-0.05, 0) is 17.5 Å². The molecule has 1 heterocycles. The maximum Gasteiger partial charge on any atom is 0.269 e. The number of hydrogen-bond donors (Lipinski definition) is 1. The molecule has 0 spiro atoms. The number of nitro groups is 1. The normalized spacial score (nSPS) is 19.6. The van der Waals surface area contributed by atoms with E-state index in [2.05, 4.69) is 5.32 Å². The number of amides is 1. The van der Waals surface area contributed by atoms with Crippen LogP contribution in [0, 0.1) is 16.0 Å². The van der Waals surface area contributed by atoms with E-state index in [1.165, 1.54) is 12.1 Å². The van der Waals surface area contributed by atoms with Gasteiger partial charge in [-0.3, -0.25) is 14.9 Å². The number of hydrogen-bond acceptors (Lipinski definition) is 3. The van der Waals surface area contributed by atoms with Gasteiger partial charge in [0.15, 0.2) is 0 Å². The van der Waals surface area contributed by atoms with Gasteiger partial charge in [0.25, 0.3) is 5.69 Å². The van der Waals surface area contributed by atoms with Gasteiger partial charge < -0.3 is 5.32 Å². The predicted octanol–water partition coefficient (Wildman–Crippen LogP) is 2.68. The Balaban J connectivity index is 2.46. The summed E-state index contributed by atoms with van der Waals surface area (Å²) in [6, 6.07) is 4.52. The number of nitrogens with zero attached hydrogens (tertiary/aromatic N) is 1. The summed E-state index contributed by atoms with van der Waals surface area (Å²) >= 11 is 0. The second-order valence-electron chi connectivity index (χ2n) is 4.38. The Morgan fingerprint density at radius 1 is 1.53 bits per heavy atom. The molecule has 1 N–H and O–H groups in total. The molecule has 2 unspecified atom stereocenters. The van der Waals surface area contributed by atoms with Crippen molar-refractivity contribution in [2.24, 2.45) is 5.92 Å². The molecule has 1 aromatic carbocycles. The molecule has 1 aliphatic heterocycles. The Morgan fingerprint density at radius 2 is 2.24 bits per heavy atom. The van der Waals surface area contributed by atoms with Gasteiger partial charge in [0.05, 0.1) is 10.8 Å². The summed E-state index contributed by atoms with van der Waals surface area (Å²) in [6.45, 7) is 3.99. The molecule has 1 aliphatic rings. The van der Waals surface area contributed by atoms with Crippen molar-refractivity contribution in [3.63, 3.8) is 0 Å². The zero-order valence-corrected chi connectivity index (χ0v) is 9.77. The third-order valence-corrected chi connectivity index (χ3v) is 3.33. The van der Waals surface area contributed by atoms with Crippen LogP contribution in [0.1, 0.15) is 31.7 Å². The fourth-order valence-corrected chi connectivity index (χ4v) is 2.19. The molecule has 0 fully saturated rings. The number of carbonyl (C=O) groups excluding carboxylic acids is 1. The molecule has 2 atom stereocenters. The average molecular weight is 234 g/mol. The van der Waals surface area contributed by atoms with Crippen LogP contribution in [-0.4, -0.2) is 10.8 Å². The second kappa shape index (κ2) is 4.16. The molecule has 1 amide bonds. The summed E-state index contributed by atoms with van der Waals surface area (Å²) < 4.78 is 0. The molecule has 0 aromatic heterocycles. The van der Waals surface area contributed by atoms with Gasteiger partial charge >= 0.3 is 0 Å². The van der Waals surface area contributed by atoms with E-state index in [4.69, 9.17) is 0 Å². The summed E-state index contributed by atoms with van der Waals surface area (Å²) in [5.41, 5.74) is 1.48. The molecule has 2 rings (SSSR count). The monoisotopic (exact) mass is 234 g/mol. The molecule has 17 heavy (non-hydrogen) atoms. The highest BCUT2D eigenvalue weighted by atomic mass is 16.6. The molecule has 5 heteroatoms. The molecule has 0 radical (unpaired) electrons. The number of benzene rings is 1. The smallest absolute Gasteiger partial charge is 0.269 e. The van der Waals surface area contributed by atoms with Crippen molar-refractivity contribution in [3.8, 4) is 0 Å². The van der Waals surface area contributed by atoms with Gasteiger partial charge in [-0.1, -0.05) is 20.3 Å². The van der Waals surface area contributed by atoms with Crippen LogP contribution in [0.4, 0.5) is 11.4 Å². The van der Waals surface area contributed by atoms with E-state index in [1.807, 2.05) is 13.8 Å². The van der Waals surface area contributed by atoms with Crippen LogP contribution in [0.5, 0.6) is 0 Å². The number of anilines is 1. The first-order valence-electron chi connectivity index (χ1n) is 5.63. The minimum Gasteiger partial charge on any atom is -0.325 e. The molecule has 0 saturated carbocycles. The third-order valence-electron chi connectivity index (χ3n) is 3.33. The van der Waals surface area contributed by atoms with Crippen molar-refractivity contribution >= 4 is 17.3 Å². The zero-order chi connectivity index (χ0) is 12.6. The summed E-state index contributed by atoms with van der Waals surface area (Å²) in [5, 5.41) is 13.5. The standard InChI is InChI=1S/C12H14N2O3/c1-3-7(2)11-9-6-8(14(16)17)4-5-10(9)13-12(11)15/h4-7,11H,3H2,1-2H3,(H,13,15). The summed E-state index contributed by atoms with van der Waals surface area (Å²) in [6.07, 6.45) is 0.861. The lowest BCUT2D eigenvalue weighted by Crippen LogP contribution is -2.18. The number of nitrogens with one attached hydrogen (secondary N) is 1. The van der Waals surface area contributed by atoms with E-state index < -0.39 is 4.92 Å². The quantitative estimate of drug-likeness (QED) is 0.645. The van der Waals surface area contributed by atoms with Crippen LogP contribution in [0.3, 0.4) is 0 Å². The van der Waals surface area contributed by atoms with Gasteiger partial charge in [-0.15, -0.1) is 0 Å². The highest BCUT2D eigenvalue weighted by Gasteiger charge is 2.35.